The molecule has 13 heavy (non-hydrogen) atoms. The Morgan fingerprint density at radius 1 is 1.38 bits per heavy atom. The number of halogens is 1. The van der Waals surface area contributed by atoms with E-state index in [0.29, 0.717) is 5.82 Å². The summed E-state index contributed by atoms with van der Waals surface area (Å²) in [6.45, 7) is 0. The lowest BCUT2D eigenvalue weighted by Gasteiger charge is -2.00. The molecule has 2 heterocycles. The van der Waals surface area contributed by atoms with Crippen LogP contribution in [0.3, 0.4) is 0 Å². The van der Waals surface area contributed by atoms with Gasteiger partial charge < -0.3 is 5.32 Å². The van der Waals surface area contributed by atoms with Crippen LogP contribution < -0.4 is 5.32 Å². The van der Waals surface area contributed by atoms with Crippen molar-refractivity contribution in [1.29, 1.82) is 0 Å². The van der Waals surface area contributed by atoms with Crippen LogP contribution in [0, 0.1) is 0 Å². The highest BCUT2D eigenvalue weighted by molar-refractivity contribution is 7.15. The zero-order valence-corrected chi connectivity index (χ0v) is 8.14. The van der Waals surface area contributed by atoms with Gasteiger partial charge in [0.1, 0.15) is 4.34 Å². The molecule has 0 aromatic carbocycles. The molecule has 2 aromatic heterocycles. The number of hydrogen-bond acceptors (Lipinski definition) is 4. The number of thiophene rings is 1. The van der Waals surface area contributed by atoms with Crippen molar-refractivity contribution in [1.82, 2.24) is 10.2 Å². The summed E-state index contributed by atoms with van der Waals surface area (Å²) in [5, 5.41) is 12.6. The second kappa shape index (κ2) is 3.72. The number of hydrogen-bond donors (Lipinski definition) is 1. The highest BCUT2D eigenvalue weighted by atomic mass is 35.5. The Bertz CT molecular complexity index is 387. The molecule has 0 aliphatic heterocycles. The van der Waals surface area contributed by atoms with Gasteiger partial charge in [0.15, 0.2) is 5.82 Å². The molecule has 0 aliphatic rings. The maximum absolute atomic E-state index is 5.90. The Morgan fingerprint density at radius 2 is 2.31 bits per heavy atom. The van der Waals surface area contributed by atoms with Crippen molar-refractivity contribution in [3.05, 3.63) is 34.1 Å². The van der Waals surface area contributed by atoms with Crippen LogP contribution in [0.25, 0.3) is 0 Å². The van der Waals surface area contributed by atoms with E-state index in [1.807, 2.05) is 23.6 Å². The minimum atomic E-state index is 0.697. The fourth-order valence-electron chi connectivity index (χ4n) is 0.888. The number of nitrogens with zero attached hydrogens (tertiary/aromatic N) is 2. The molecule has 0 saturated carbocycles. The fourth-order valence-corrected chi connectivity index (χ4v) is 1.72. The second-order valence-corrected chi connectivity index (χ2v) is 3.86. The summed E-state index contributed by atoms with van der Waals surface area (Å²) >= 11 is 7.38. The van der Waals surface area contributed by atoms with Gasteiger partial charge in [0, 0.05) is 6.20 Å². The summed E-state index contributed by atoms with van der Waals surface area (Å²) < 4.78 is 0.727. The molecule has 2 rings (SSSR count). The molecular formula is C8H6ClN3S. The van der Waals surface area contributed by atoms with Crippen LogP contribution in [0.4, 0.5) is 11.5 Å². The topological polar surface area (TPSA) is 37.8 Å². The van der Waals surface area contributed by atoms with Crippen molar-refractivity contribution in [2.45, 2.75) is 0 Å². The lowest BCUT2D eigenvalue weighted by molar-refractivity contribution is 1.04. The van der Waals surface area contributed by atoms with E-state index < -0.39 is 0 Å². The van der Waals surface area contributed by atoms with E-state index in [2.05, 4.69) is 15.5 Å². The van der Waals surface area contributed by atoms with Gasteiger partial charge in [-0.25, -0.2) is 0 Å². The zero-order valence-electron chi connectivity index (χ0n) is 6.57. The molecule has 0 saturated heterocycles. The predicted molar refractivity (Wildman–Crippen MR) is 54.6 cm³/mol. The monoisotopic (exact) mass is 211 g/mol. The van der Waals surface area contributed by atoms with Crippen LogP contribution >= 0.6 is 22.9 Å². The van der Waals surface area contributed by atoms with Crippen molar-refractivity contribution >= 4 is 34.4 Å². The predicted octanol–water partition coefficient (Wildman–Crippen LogP) is 2.94. The summed E-state index contributed by atoms with van der Waals surface area (Å²) in [7, 11) is 0. The van der Waals surface area contributed by atoms with Gasteiger partial charge in [-0.05, 0) is 23.6 Å². The van der Waals surface area contributed by atoms with E-state index in [1.165, 1.54) is 11.3 Å². The maximum atomic E-state index is 5.90. The Morgan fingerprint density at radius 3 is 2.92 bits per heavy atom. The summed E-state index contributed by atoms with van der Waals surface area (Å²) in [5.74, 6) is 0.697. The molecule has 0 bridgehead atoms. The normalized spacial score (nSPS) is 9.92. The van der Waals surface area contributed by atoms with Gasteiger partial charge in [-0.15, -0.1) is 16.4 Å². The highest BCUT2D eigenvalue weighted by Crippen LogP contribution is 2.29. The van der Waals surface area contributed by atoms with E-state index >= 15 is 0 Å². The Hall–Kier alpha value is -1.13. The third-order valence-electron chi connectivity index (χ3n) is 1.45. The Balaban J connectivity index is 2.20. The summed E-state index contributed by atoms with van der Waals surface area (Å²) in [5.41, 5.74) is 0.868. The van der Waals surface area contributed by atoms with Crippen molar-refractivity contribution in [3.63, 3.8) is 0 Å². The molecule has 5 heteroatoms. The van der Waals surface area contributed by atoms with Gasteiger partial charge in [-0.3, -0.25) is 0 Å². The van der Waals surface area contributed by atoms with Gasteiger partial charge in [0.05, 0.1) is 5.69 Å². The number of aromatic nitrogens is 2. The first-order valence-corrected chi connectivity index (χ1v) is 4.90. The average molecular weight is 212 g/mol. The SMILES string of the molecule is Clc1sccc1Nc1cccnn1. The molecule has 1 N–H and O–H groups in total. The standard InChI is InChI=1S/C8H6ClN3S/c9-8-6(3-5-13-8)11-7-2-1-4-10-12-7/h1-5H,(H,11,12). The molecule has 0 atom stereocenters. The first-order chi connectivity index (χ1) is 6.36. The van der Waals surface area contributed by atoms with Crippen LogP contribution in [0.5, 0.6) is 0 Å². The lowest BCUT2D eigenvalue weighted by Crippen LogP contribution is -1.92. The van der Waals surface area contributed by atoms with Gasteiger partial charge in [0.2, 0.25) is 0 Å². The number of anilines is 2. The zero-order chi connectivity index (χ0) is 9.10. The molecule has 0 fully saturated rings. The molecule has 0 amide bonds. The summed E-state index contributed by atoms with van der Waals surface area (Å²) in [6.07, 6.45) is 1.63. The Kier molecular flexibility index (Phi) is 2.42. The van der Waals surface area contributed by atoms with Crippen molar-refractivity contribution < 1.29 is 0 Å². The molecule has 66 valence electrons. The van der Waals surface area contributed by atoms with Crippen molar-refractivity contribution in [2.75, 3.05) is 5.32 Å². The molecule has 0 aliphatic carbocycles. The molecule has 0 spiro atoms. The quantitative estimate of drug-likeness (QED) is 0.830. The Labute approximate surface area is 84.4 Å². The van der Waals surface area contributed by atoms with E-state index in [9.17, 15) is 0 Å². The summed E-state index contributed by atoms with van der Waals surface area (Å²) in [6, 6.07) is 5.55. The first-order valence-electron chi connectivity index (χ1n) is 3.64. The van der Waals surface area contributed by atoms with E-state index in [1.54, 1.807) is 6.20 Å². The molecule has 0 radical (unpaired) electrons. The largest absolute Gasteiger partial charge is 0.337 e. The summed E-state index contributed by atoms with van der Waals surface area (Å²) in [4.78, 5) is 0. The van der Waals surface area contributed by atoms with Crippen LogP contribution in [0.1, 0.15) is 0 Å². The number of nitrogens with one attached hydrogen (secondary N) is 1. The van der Waals surface area contributed by atoms with Crippen molar-refractivity contribution in [2.24, 2.45) is 0 Å². The maximum Gasteiger partial charge on any atom is 0.153 e. The first kappa shape index (κ1) is 8.47. The van der Waals surface area contributed by atoms with Crippen LogP contribution in [-0.2, 0) is 0 Å². The fraction of sp³-hybridized carbons (Fsp3) is 0. The van der Waals surface area contributed by atoms with Crippen LogP contribution in [0.15, 0.2) is 29.8 Å². The van der Waals surface area contributed by atoms with Gasteiger partial charge in [0.25, 0.3) is 0 Å². The van der Waals surface area contributed by atoms with Crippen LogP contribution in [-0.4, -0.2) is 10.2 Å². The van der Waals surface area contributed by atoms with E-state index in [-0.39, 0.29) is 0 Å². The van der Waals surface area contributed by atoms with Crippen LogP contribution in [0.2, 0.25) is 4.34 Å². The lowest BCUT2D eigenvalue weighted by atomic mass is 10.5. The van der Waals surface area contributed by atoms with Gasteiger partial charge >= 0.3 is 0 Å². The second-order valence-electron chi connectivity index (χ2n) is 2.34. The third kappa shape index (κ3) is 1.96. The van der Waals surface area contributed by atoms with Gasteiger partial charge in [-0.2, -0.15) is 5.10 Å². The number of rotatable bonds is 2. The van der Waals surface area contributed by atoms with Crippen molar-refractivity contribution in [3.8, 4) is 0 Å². The van der Waals surface area contributed by atoms with E-state index in [4.69, 9.17) is 11.6 Å². The smallest absolute Gasteiger partial charge is 0.153 e. The molecule has 2 aromatic rings. The molecule has 0 unspecified atom stereocenters. The molecular weight excluding hydrogens is 206 g/mol. The van der Waals surface area contributed by atoms with E-state index in [0.717, 1.165) is 10.0 Å². The average Bonchev–Trinajstić information content (AvgIpc) is 2.54. The third-order valence-corrected chi connectivity index (χ3v) is 2.62. The van der Waals surface area contributed by atoms with Gasteiger partial charge in [-0.1, -0.05) is 11.6 Å². The molecule has 3 nitrogen and oxygen atoms in total. The minimum absolute atomic E-state index is 0.697. The minimum Gasteiger partial charge on any atom is -0.337 e. The highest BCUT2D eigenvalue weighted by Gasteiger charge is 2.01.